The van der Waals surface area contributed by atoms with E-state index < -0.39 is 0 Å². The first-order valence-electron chi connectivity index (χ1n) is 7.79. The second-order valence-electron chi connectivity index (χ2n) is 6.22. The summed E-state index contributed by atoms with van der Waals surface area (Å²) >= 11 is 1.60. The Labute approximate surface area is 129 Å². The highest BCUT2D eigenvalue weighted by Crippen LogP contribution is 2.32. The van der Waals surface area contributed by atoms with Crippen LogP contribution in [0.4, 0.5) is 5.82 Å². The molecule has 0 amide bonds. The van der Waals surface area contributed by atoms with Crippen molar-refractivity contribution in [1.82, 2.24) is 9.27 Å². The van der Waals surface area contributed by atoms with Crippen molar-refractivity contribution in [2.45, 2.75) is 18.9 Å². The molecular formula is C16H21N3OS. The van der Waals surface area contributed by atoms with Crippen LogP contribution in [0.1, 0.15) is 12.8 Å². The van der Waals surface area contributed by atoms with E-state index in [1.54, 1.807) is 11.5 Å². The SMILES string of the molecule is OC[C@H]1CC[C@H]2CN(c3nsc4ccccc34)CCN2C1. The van der Waals surface area contributed by atoms with Crippen molar-refractivity contribution < 1.29 is 5.11 Å². The quantitative estimate of drug-likeness (QED) is 0.923. The monoisotopic (exact) mass is 303 g/mol. The maximum atomic E-state index is 9.36. The van der Waals surface area contributed by atoms with Crippen LogP contribution in [0.2, 0.25) is 0 Å². The minimum Gasteiger partial charge on any atom is -0.396 e. The Morgan fingerprint density at radius 1 is 1.19 bits per heavy atom. The summed E-state index contributed by atoms with van der Waals surface area (Å²) < 4.78 is 5.97. The number of piperazine rings is 1. The molecule has 0 saturated carbocycles. The van der Waals surface area contributed by atoms with Gasteiger partial charge in [-0.3, -0.25) is 4.90 Å². The molecule has 5 heteroatoms. The molecule has 0 spiro atoms. The molecule has 2 aromatic rings. The van der Waals surface area contributed by atoms with Crippen molar-refractivity contribution in [3.8, 4) is 0 Å². The molecule has 2 saturated heterocycles. The van der Waals surface area contributed by atoms with Crippen LogP contribution in [0.3, 0.4) is 0 Å². The van der Waals surface area contributed by atoms with Crippen LogP contribution in [-0.2, 0) is 0 Å². The lowest BCUT2D eigenvalue weighted by Crippen LogP contribution is -2.57. The van der Waals surface area contributed by atoms with Crippen molar-refractivity contribution in [3.05, 3.63) is 24.3 Å². The van der Waals surface area contributed by atoms with Gasteiger partial charge in [0.25, 0.3) is 0 Å². The molecule has 1 N–H and O–H groups in total. The smallest absolute Gasteiger partial charge is 0.150 e. The average Bonchev–Trinajstić information content (AvgIpc) is 2.98. The topological polar surface area (TPSA) is 39.6 Å². The van der Waals surface area contributed by atoms with E-state index in [2.05, 4.69) is 34.1 Å². The Balaban J connectivity index is 1.54. The van der Waals surface area contributed by atoms with Crippen LogP contribution in [0.5, 0.6) is 0 Å². The van der Waals surface area contributed by atoms with Gasteiger partial charge in [0.1, 0.15) is 5.82 Å². The van der Waals surface area contributed by atoms with Gasteiger partial charge in [-0.1, -0.05) is 12.1 Å². The summed E-state index contributed by atoms with van der Waals surface area (Å²) in [7, 11) is 0. The van der Waals surface area contributed by atoms with Crippen molar-refractivity contribution >= 4 is 27.4 Å². The standard InChI is InChI=1S/C16H21N3OS/c20-11-12-5-6-13-10-19(8-7-18(13)9-12)16-14-3-1-2-4-15(14)21-17-16/h1-4,12-13,20H,5-11H2/t12-,13-/m0/s1. The number of hydrogen-bond donors (Lipinski definition) is 1. The van der Waals surface area contributed by atoms with E-state index in [-0.39, 0.29) is 0 Å². The first kappa shape index (κ1) is 13.5. The summed E-state index contributed by atoms with van der Waals surface area (Å²) in [4.78, 5) is 5.02. The van der Waals surface area contributed by atoms with E-state index in [0.29, 0.717) is 18.6 Å². The van der Waals surface area contributed by atoms with E-state index in [9.17, 15) is 5.11 Å². The number of benzene rings is 1. The average molecular weight is 303 g/mol. The van der Waals surface area contributed by atoms with Gasteiger partial charge in [-0.25, -0.2) is 0 Å². The van der Waals surface area contributed by atoms with E-state index in [4.69, 9.17) is 4.37 Å². The highest BCUT2D eigenvalue weighted by atomic mass is 32.1. The highest BCUT2D eigenvalue weighted by molar-refractivity contribution is 7.13. The Morgan fingerprint density at radius 2 is 2.10 bits per heavy atom. The fraction of sp³-hybridized carbons (Fsp3) is 0.562. The summed E-state index contributed by atoms with van der Waals surface area (Å²) in [5.41, 5.74) is 0. The molecule has 1 aromatic heterocycles. The van der Waals surface area contributed by atoms with Crippen LogP contribution in [0, 0.1) is 5.92 Å². The molecule has 2 fully saturated rings. The van der Waals surface area contributed by atoms with Gasteiger partial charge in [0, 0.05) is 44.2 Å². The normalized spacial score (nSPS) is 27.0. The number of piperidine rings is 1. The molecule has 0 radical (unpaired) electrons. The summed E-state index contributed by atoms with van der Waals surface area (Å²) in [5, 5.41) is 10.6. The molecule has 2 aliphatic heterocycles. The predicted octanol–water partition coefficient (Wildman–Crippen LogP) is 2.19. The molecule has 21 heavy (non-hydrogen) atoms. The zero-order chi connectivity index (χ0) is 14.2. The number of aliphatic hydroxyl groups excluding tert-OH is 1. The van der Waals surface area contributed by atoms with Gasteiger partial charge in [-0.15, -0.1) is 0 Å². The zero-order valence-electron chi connectivity index (χ0n) is 12.1. The van der Waals surface area contributed by atoms with Gasteiger partial charge in [-0.2, -0.15) is 4.37 Å². The molecule has 0 unspecified atom stereocenters. The minimum absolute atomic E-state index is 0.337. The summed E-state index contributed by atoms with van der Waals surface area (Å²) in [6.45, 7) is 4.61. The Morgan fingerprint density at radius 3 is 3.00 bits per heavy atom. The minimum atomic E-state index is 0.337. The van der Waals surface area contributed by atoms with E-state index >= 15 is 0 Å². The number of fused-ring (bicyclic) bond motifs is 2. The number of anilines is 1. The molecular weight excluding hydrogens is 282 g/mol. The van der Waals surface area contributed by atoms with Gasteiger partial charge < -0.3 is 10.0 Å². The zero-order valence-corrected chi connectivity index (χ0v) is 12.9. The van der Waals surface area contributed by atoms with Crippen LogP contribution in [0.25, 0.3) is 10.1 Å². The van der Waals surface area contributed by atoms with Crippen molar-refractivity contribution in [1.29, 1.82) is 0 Å². The van der Waals surface area contributed by atoms with Gasteiger partial charge >= 0.3 is 0 Å². The summed E-state index contributed by atoms with van der Waals surface area (Å²) in [6.07, 6.45) is 2.35. The second kappa shape index (κ2) is 5.55. The maximum absolute atomic E-state index is 9.36. The Hall–Kier alpha value is -1.17. The molecule has 4 rings (SSSR count). The lowest BCUT2D eigenvalue weighted by molar-refractivity contribution is 0.0673. The first-order chi connectivity index (χ1) is 10.3. The largest absolute Gasteiger partial charge is 0.396 e. The van der Waals surface area contributed by atoms with Crippen LogP contribution >= 0.6 is 11.5 Å². The first-order valence-corrected chi connectivity index (χ1v) is 8.57. The van der Waals surface area contributed by atoms with Gasteiger partial charge in [-0.05, 0) is 42.4 Å². The third-order valence-corrected chi connectivity index (χ3v) is 5.74. The van der Waals surface area contributed by atoms with Crippen molar-refractivity contribution in [3.63, 3.8) is 0 Å². The number of hydrogen-bond acceptors (Lipinski definition) is 5. The van der Waals surface area contributed by atoms with Crippen molar-refractivity contribution in [2.75, 3.05) is 37.7 Å². The molecule has 1 aromatic carbocycles. The fourth-order valence-corrected chi connectivity index (χ4v) is 4.50. The molecule has 3 heterocycles. The number of rotatable bonds is 2. The number of aliphatic hydroxyl groups is 1. The van der Waals surface area contributed by atoms with Crippen LogP contribution in [0.15, 0.2) is 24.3 Å². The van der Waals surface area contributed by atoms with E-state index in [0.717, 1.165) is 32.6 Å². The van der Waals surface area contributed by atoms with Gasteiger partial charge in [0.15, 0.2) is 0 Å². The third kappa shape index (κ3) is 2.43. The molecule has 0 bridgehead atoms. The van der Waals surface area contributed by atoms with E-state index in [1.807, 2.05) is 0 Å². The van der Waals surface area contributed by atoms with Crippen LogP contribution < -0.4 is 4.90 Å². The number of nitrogens with zero attached hydrogens (tertiary/aromatic N) is 3. The van der Waals surface area contributed by atoms with Gasteiger partial charge in [0.05, 0.1) is 4.70 Å². The molecule has 2 atom stereocenters. The fourth-order valence-electron chi connectivity index (χ4n) is 3.70. The Kier molecular flexibility index (Phi) is 3.57. The Bertz CT molecular complexity index is 629. The predicted molar refractivity (Wildman–Crippen MR) is 87.0 cm³/mol. The third-order valence-electron chi connectivity index (χ3n) is 4.92. The van der Waals surface area contributed by atoms with E-state index in [1.165, 1.54) is 22.3 Å². The lowest BCUT2D eigenvalue weighted by Gasteiger charge is -2.46. The molecule has 2 aliphatic rings. The maximum Gasteiger partial charge on any atom is 0.150 e. The highest BCUT2D eigenvalue weighted by Gasteiger charge is 2.33. The summed E-state index contributed by atoms with van der Waals surface area (Å²) in [6, 6.07) is 9.14. The number of aromatic nitrogens is 1. The van der Waals surface area contributed by atoms with Crippen LogP contribution in [-0.4, -0.2) is 53.2 Å². The lowest BCUT2D eigenvalue weighted by atomic mass is 9.91. The molecule has 0 aliphatic carbocycles. The second-order valence-corrected chi connectivity index (χ2v) is 7.03. The van der Waals surface area contributed by atoms with Crippen molar-refractivity contribution in [2.24, 2.45) is 5.92 Å². The van der Waals surface area contributed by atoms with Gasteiger partial charge in [0.2, 0.25) is 0 Å². The molecule has 112 valence electrons. The molecule has 4 nitrogen and oxygen atoms in total. The summed E-state index contributed by atoms with van der Waals surface area (Å²) in [5.74, 6) is 1.65.